The summed E-state index contributed by atoms with van der Waals surface area (Å²) in [5.41, 5.74) is 0. The van der Waals surface area contributed by atoms with Crippen molar-refractivity contribution < 1.29 is 0 Å². The molecule has 0 nitrogen and oxygen atoms in total. The minimum atomic E-state index is 0.980. The van der Waals surface area contributed by atoms with Gasteiger partial charge in [-0.2, -0.15) is 0 Å². The fourth-order valence-electron chi connectivity index (χ4n) is 6.31. The molecular formula is C46H44S40. The van der Waals surface area contributed by atoms with Gasteiger partial charge in [-0.1, -0.05) is 235 Å². The highest BCUT2D eigenvalue weighted by molar-refractivity contribution is 8.52. The van der Waals surface area contributed by atoms with E-state index >= 15 is 0 Å². The van der Waals surface area contributed by atoms with Crippen molar-refractivity contribution in [1.82, 2.24) is 0 Å². The standard InChI is InChI=1S/C46H44S40/c1-47-17-18(48-2)68-37(67-17)42-77-27(57-11)29(79-42)59-13-61-31-33(83-44(81-31)39-71-21(51-5)22(52-6)72-39)63-15-65-35-36(86-46(85-35)41-75-25(55-9)26(56-10)76-41)66-16-64-34-32(82-45(84-34)40-73-23(53-7)24(54-8)74-40)62-14-60-30-28(58-12)78-43(80-30)38-69-19(49-3)20(50-4)70-38/h13-16H2,1-12H3. The second-order valence-corrected chi connectivity index (χ2v) is 62.1. The lowest BCUT2D eigenvalue weighted by Crippen LogP contribution is -1.79. The van der Waals surface area contributed by atoms with Crippen molar-refractivity contribution >= 4 is 470 Å². The summed E-state index contributed by atoms with van der Waals surface area (Å²) in [6.45, 7) is 0. The Morgan fingerprint density at radius 2 is 0.221 bits per heavy atom. The molecule has 468 valence electrons. The van der Waals surface area contributed by atoms with Gasteiger partial charge in [0.2, 0.25) is 0 Å². The Kier molecular flexibility index (Phi) is 37.1. The van der Waals surface area contributed by atoms with E-state index in [1.165, 1.54) is 127 Å². The van der Waals surface area contributed by atoms with Crippen molar-refractivity contribution in [3.63, 3.8) is 0 Å². The van der Waals surface area contributed by atoms with Crippen molar-refractivity contribution in [2.75, 3.05) is 95.4 Å². The third-order valence-corrected chi connectivity index (χ3v) is 66.5. The van der Waals surface area contributed by atoms with Crippen LogP contribution in [0.5, 0.6) is 0 Å². The molecule has 40 heteroatoms. The number of hydrogen-bond donors (Lipinski definition) is 0. The highest BCUT2D eigenvalue weighted by Crippen LogP contribution is 2.73. The van der Waals surface area contributed by atoms with Crippen LogP contribution in [0.1, 0.15) is 0 Å². The van der Waals surface area contributed by atoms with Crippen LogP contribution in [0.3, 0.4) is 0 Å². The largest absolute Gasteiger partial charge is 0.121 e. The van der Waals surface area contributed by atoms with Gasteiger partial charge in [-0.05, 0) is 75.1 Å². The summed E-state index contributed by atoms with van der Waals surface area (Å²) >= 11 is 79.1. The average molecular weight is 1880 g/mol. The third-order valence-electron chi connectivity index (χ3n) is 9.95. The summed E-state index contributed by atoms with van der Waals surface area (Å²) in [6.07, 6.45) is 26.7. The number of hydrogen-bond acceptors (Lipinski definition) is 40. The van der Waals surface area contributed by atoms with Crippen LogP contribution in [0, 0.1) is 0 Å². The Morgan fingerprint density at radius 3 is 0.326 bits per heavy atom. The predicted molar refractivity (Wildman–Crippen MR) is 500 cm³/mol. The van der Waals surface area contributed by atoms with Gasteiger partial charge in [-0.15, -0.1) is 235 Å². The van der Waals surface area contributed by atoms with Crippen molar-refractivity contribution in [1.29, 1.82) is 0 Å². The quantitative estimate of drug-likeness (QED) is 0.0682. The van der Waals surface area contributed by atoms with Gasteiger partial charge in [0.25, 0.3) is 0 Å². The van der Waals surface area contributed by atoms with E-state index in [1.807, 2.05) is 400 Å². The van der Waals surface area contributed by atoms with E-state index in [1.54, 1.807) is 0 Å². The van der Waals surface area contributed by atoms with Gasteiger partial charge in [0.05, 0.1) is 127 Å². The maximum absolute atomic E-state index is 2.25. The zero-order chi connectivity index (χ0) is 60.4. The summed E-state index contributed by atoms with van der Waals surface area (Å²) in [5, 5.41) is 3.96. The van der Waals surface area contributed by atoms with Gasteiger partial charge in [0.15, 0.2) is 0 Å². The van der Waals surface area contributed by atoms with Gasteiger partial charge >= 0.3 is 0 Å². The smallest absolute Gasteiger partial charge is 0.0717 e. The lowest BCUT2D eigenvalue weighted by atomic mass is 11.2. The second kappa shape index (κ2) is 40.6. The van der Waals surface area contributed by atoms with Gasteiger partial charge < -0.3 is 0 Å². The topological polar surface area (TPSA) is 0 Å². The Bertz CT molecular complexity index is 2910. The van der Waals surface area contributed by atoms with E-state index in [9.17, 15) is 0 Å². The van der Waals surface area contributed by atoms with Crippen LogP contribution < -0.4 is 0 Å². The summed E-state index contributed by atoms with van der Waals surface area (Å²) < 4.78 is 43.6. The molecule has 0 bridgehead atoms. The van der Waals surface area contributed by atoms with Crippen LogP contribution in [0.4, 0.5) is 0 Å². The molecule has 0 aliphatic carbocycles. The van der Waals surface area contributed by atoms with Gasteiger partial charge in [0.1, 0.15) is 0 Å². The monoisotopic (exact) mass is 1880 g/mol. The molecule has 0 aromatic rings. The molecule has 0 N–H and O–H groups in total. The first-order valence-corrected chi connectivity index (χ1v) is 62.1. The third kappa shape index (κ3) is 20.8. The molecule has 86 heavy (non-hydrogen) atoms. The summed E-state index contributed by atoms with van der Waals surface area (Å²) in [7, 11) is 0. The van der Waals surface area contributed by atoms with Crippen LogP contribution in [0.15, 0.2) is 127 Å². The lowest BCUT2D eigenvalue weighted by molar-refractivity contribution is 2.16. The minimum Gasteiger partial charge on any atom is -0.121 e. The van der Waals surface area contributed by atoms with E-state index in [0.29, 0.717) is 0 Å². The van der Waals surface area contributed by atoms with Crippen molar-refractivity contribution in [2.45, 2.75) is 0 Å². The molecule has 10 rings (SSSR count). The van der Waals surface area contributed by atoms with Crippen LogP contribution in [0.25, 0.3) is 0 Å². The Labute approximate surface area is 680 Å². The minimum absolute atomic E-state index is 0.980. The Hall–Kier alpha value is 10.1. The molecule has 0 saturated heterocycles. The Morgan fingerprint density at radius 1 is 0.140 bits per heavy atom. The van der Waals surface area contributed by atoms with E-state index in [-0.39, 0.29) is 0 Å². The first kappa shape index (κ1) is 78.7. The van der Waals surface area contributed by atoms with E-state index < -0.39 is 0 Å². The molecule has 0 atom stereocenters. The number of rotatable bonds is 28. The van der Waals surface area contributed by atoms with Crippen molar-refractivity contribution in [3.05, 3.63) is 127 Å². The summed E-state index contributed by atoms with van der Waals surface area (Å²) in [4.78, 5) is 0. The molecule has 0 aromatic heterocycles. The highest BCUT2D eigenvalue weighted by Gasteiger charge is 2.37. The maximum atomic E-state index is 2.25. The normalized spacial score (nSPS) is 21.9. The molecule has 10 heterocycles. The van der Waals surface area contributed by atoms with E-state index in [0.717, 1.165) is 20.3 Å². The van der Waals surface area contributed by atoms with Gasteiger partial charge in [-0.25, -0.2) is 0 Å². The van der Waals surface area contributed by atoms with E-state index in [2.05, 4.69) is 146 Å². The first-order valence-electron chi connectivity index (χ1n) is 23.2. The molecular weight excluding hydrogens is 1840 g/mol. The van der Waals surface area contributed by atoms with Gasteiger partial charge in [-0.3, -0.25) is 0 Å². The first-order chi connectivity index (χ1) is 42.0. The number of thioether (sulfide) groups is 40. The maximum Gasteiger partial charge on any atom is 0.0717 e. The second-order valence-electron chi connectivity index (χ2n) is 14.7. The lowest BCUT2D eigenvalue weighted by Gasteiger charge is -2.08. The molecule has 0 saturated carbocycles. The van der Waals surface area contributed by atoms with Crippen molar-refractivity contribution in [3.8, 4) is 0 Å². The average Bonchev–Trinajstić information content (AvgIpc) is 3.45. The van der Waals surface area contributed by atoms with Gasteiger partial charge in [0, 0.05) is 20.3 Å². The SMILES string of the molecule is CSC1=C(SC)SC(=C2SC(SC)=C(SCSC3=C(SCSC4=C(SCSC5=C(SCSC6=C(SC)SC(=C7SC(SC)=C(SC)S7)S6)SC(=C6SC(SC)=C(SC)S6)S5)SC(=C5SC(SC)=C(SC)S5)S4)SC(=C4SC(SC)=C(SC)S4)S3)S2)S1. The Balaban J connectivity index is 0.841. The van der Waals surface area contributed by atoms with Crippen LogP contribution in [-0.4, -0.2) is 95.4 Å². The van der Waals surface area contributed by atoms with Crippen LogP contribution in [-0.2, 0) is 0 Å². The van der Waals surface area contributed by atoms with Crippen LogP contribution >= 0.6 is 470 Å². The molecule has 10 aliphatic heterocycles. The molecule has 0 aromatic carbocycles. The summed E-state index contributed by atoms with van der Waals surface area (Å²) in [6, 6.07) is 0. The predicted octanol–water partition coefficient (Wildman–Crippen LogP) is 32.7. The molecule has 0 amide bonds. The molecule has 0 unspecified atom stereocenters. The summed E-state index contributed by atoms with van der Waals surface area (Å²) in [5.74, 6) is 0. The zero-order valence-electron chi connectivity index (χ0n) is 46.2. The molecule has 0 fully saturated rings. The fourth-order valence-corrected chi connectivity index (χ4v) is 63.3. The molecule has 0 radical (unpaired) electrons. The molecule has 10 aliphatic rings. The zero-order valence-corrected chi connectivity index (χ0v) is 78.8. The van der Waals surface area contributed by atoms with E-state index in [4.69, 9.17) is 0 Å². The van der Waals surface area contributed by atoms with Crippen molar-refractivity contribution in [2.24, 2.45) is 0 Å². The molecule has 0 spiro atoms. The highest BCUT2D eigenvalue weighted by atomic mass is 32.3. The van der Waals surface area contributed by atoms with Crippen LogP contribution in [0.2, 0.25) is 0 Å². The fraction of sp³-hybridized carbons (Fsp3) is 0.348.